The lowest BCUT2D eigenvalue weighted by Gasteiger charge is -2.17. The minimum atomic E-state index is -0.409. The molecule has 0 atom stereocenters. The molecule has 0 bridgehead atoms. The smallest absolute Gasteiger partial charge is 0.262 e. The quantitative estimate of drug-likeness (QED) is 0.573. The van der Waals surface area contributed by atoms with E-state index in [1.165, 1.54) is 5.56 Å². The fourth-order valence-corrected chi connectivity index (χ4v) is 3.13. The third-order valence-electron chi connectivity index (χ3n) is 4.51. The van der Waals surface area contributed by atoms with Gasteiger partial charge in [0.2, 0.25) is 5.91 Å². The summed E-state index contributed by atoms with van der Waals surface area (Å²) >= 11 is 0. The first kappa shape index (κ1) is 18.8. The van der Waals surface area contributed by atoms with E-state index in [1.807, 2.05) is 25.2 Å². The Bertz CT molecular complexity index is 801. The van der Waals surface area contributed by atoms with Crippen molar-refractivity contribution in [2.75, 3.05) is 26.7 Å². The summed E-state index contributed by atoms with van der Waals surface area (Å²) in [5.74, 6) is -1.14. The Morgan fingerprint density at radius 2 is 1.56 bits per heavy atom. The number of nitrogens with one attached hydrogen (secondary N) is 1. The van der Waals surface area contributed by atoms with Gasteiger partial charge in [0.05, 0.1) is 11.1 Å². The van der Waals surface area contributed by atoms with Gasteiger partial charge in [-0.25, -0.2) is 0 Å². The van der Waals surface area contributed by atoms with E-state index in [-0.39, 0.29) is 12.5 Å². The number of carbonyl (C=O) groups is 3. The van der Waals surface area contributed by atoms with Gasteiger partial charge in [-0.1, -0.05) is 42.5 Å². The van der Waals surface area contributed by atoms with Gasteiger partial charge in [0.15, 0.2) is 0 Å². The standard InChI is InChI=1S/C21H23N3O3/c1-23(14-16-8-3-2-4-9-16)13-7-12-22-19(25)15-24-20(26)17-10-5-6-11-18(17)21(24)27/h2-6,8-11H,7,12-15H2,1H3,(H,22,25). The summed E-state index contributed by atoms with van der Waals surface area (Å²) < 4.78 is 0. The van der Waals surface area contributed by atoms with E-state index in [9.17, 15) is 14.4 Å². The molecule has 140 valence electrons. The molecule has 6 heteroatoms. The predicted octanol–water partition coefficient (Wildman–Crippen LogP) is 1.92. The fourth-order valence-electron chi connectivity index (χ4n) is 3.13. The third-order valence-corrected chi connectivity index (χ3v) is 4.51. The number of carbonyl (C=O) groups excluding carboxylic acids is 3. The van der Waals surface area contributed by atoms with E-state index in [2.05, 4.69) is 22.3 Å². The van der Waals surface area contributed by atoms with E-state index in [0.717, 1.165) is 24.4 Å². The van der Waals surface area contributed by atoms with Gasteiger partial charge in [-0.2, -0.15) is 0 Å². The average Bonchev–Trinajstić information content (AvgIpc) is 2.91. The van der Waals surface area contributed by atoms with E-state index >= 15 is 0 Å². The number of hydrogen-bond donors (Lipinski definition) is 1. The first-order valence-electron chi connectivity index (χ1n) is 9.00. The lowest BCUT2D eigenvalue weighted by atomic mass is 10.1. The van der Waals surface area contributed by atoms with Gasteiger partial charge in [0, 0.05) is 13.1 Å². The van der Waals surface area contributed by atoms with Crippen molar-refractivity contribution in [1.82, 2.24) is 15.1 Å². The maximum Gasteiger partial charge on any atom is 0.262 e. The highest BCUT2D eigenvalue weighted by Gasteiger charge is 2.36. The Balaban J connectivity index is 1.39. The number of nitrogens with zero attached hydrogens (tertiary/aromatic N) is 2. The number of benzene rings is 2. The van der Waals surface area contributed by atoms with Crippen LogP contribution in [0, 0.1) is 0 Å². The molecule has 0 radical (unpaired) electrons. The zero-order valence-corrected chi connectivity index (χ0v) is 15.4. The van der Waals surface area contributed by atoms with Crippen molar-refractivity contribution in [1.29, 1.82) is 0 Å². The molecule has 0 aromatic heterocycles. The summed E-state index contributed by atoms with van der Waals surface area (Å²) in [7, 11) is 2.04. The first-order chi connectivity index (χ1) is 13.1. The van der Waals surface area contributed by atoms with Crippen LogP contribution in [-0.2, 0) is 11.3 Å². The summed E-state index contributed by atoms with van der Waals surface area (Å²) in [6.45, 7) is 1.94. The summed E-state index contributed by atoms with van der Waals surface area (Å²) in [6.07, 6.45) is 0.789. The van der Waals surface area contributed by atoms with Gasteiger partial charge >= 0.3 is 0 Å². The highest BCUT2D eigenvalue weighted by molar-refractivity contribution is 6.22. The molecule has 2 aromatic rings. The highest BCUT2D eigenvalue weighted by atomic mass is 16.2. The lowest BCUT2D eigenvalue weighted by molar-refractivity contribution is -0.121. The van der Waals surface area contributed by atoms with E-state index in [4.69, 9.17) is 0 Å². The predicted molar refractivity (Wildman–Crippen MR) is 102 cm³/mol. The number of rotatable bonds is 8. The van der Waals surface area contributed by atoms with E-state index < -0.39 is 11.8 Å². The van der Waals surface area contributed by atoms with Crippen LogP contribution >= 0.6 is 0 Å². The molecule has 3 rings (SSSR count). The maximum absolute atomic E-state index is 12.3. The zero-order valence-electron chi connectivity index (χ0n) is 15.4. The lowest BCUT2D eigenvalue weighted by Crippen LogP contribution is -2.41. The molecule has 0 aliphatic carbocycles. The first-order valence-corrected chi connectivity index (χ1v) is 9.00. The van der Waals surface area contributed by atoms with Crippen molar-refractivity contribution in [3.05, 3.63) is 71.3 Å². The Kier molecular flexibility index (Phi) is 5.98. The molecule has 1 aliphatic rings. The number of fused-ring (bicyclic) bond motifs is 1. The summed E-state index contributed by atoms with van der Waals surface area (Å²) in [5, 5.41) is 2.78. The molecule has 3 amide bonds. The minimum Gasteiger partial charge on any atom is -0.354 e. The maximum atomic E-state index is 12.3. The summed E-state index contributed by atoms with van der Waals surface area (Å²) in [6, 6.07) is 16.8. The normalized spacial score (nSPS) is 13.2. The number of imide groups is 1. The fraction of sp³-hybridized carbons (Fsp3) is 0.286. The monoisotopic (exact) mass is 365 g/mol. The van der Waals surface area contributed by atoms with E-state index in [1.54, 1.807) is 24.3 Å². The van der Waals surface area contributed by atoms with Crippen LogP contribution in [0.2, 0.25) is 0 Å². The molecular weight excluding hydrogens is 342 g/mol. The van der Waals surface area contributed by atoms with Crippen LogP contribution in [0.1, 0.15) is 32.7 Å². The van der Waals surface area contributed by atoms with Crippen molar-refractivity contribution in [3.63, 3.8) is 0 Å². The van der Waals surface area contributed by atoms with Gasteiger partial charge in [0.25, 0.3) is 11.8 Å². The van der Waals surface area contributed by atoms with Gasteiger partial charge in [-0.3, -0.25) is 19.3 Å². The summed E-state index contributed by atoms with van der Waals surface area (Å²) in [5.41, 5.74) is 1.96. The Morgan fingerprint density at radius 3 is 2.19 bits per heavy atom. The molecular formula is C21H23N3O3. The molecule has 6 nitrogen and oxygen atoms in total. The van der Waals surface area contributed by atoms with Gasteiger partial charge in [0.1, 0.15) is 6.54 Å². The van der Waals surface area contributed by atoms with Crippen molar-refractivity contribution in [2.45, 2.75) is 13.0 Å². The molecule has 1 N–H and O–H groups in total. The van der Waals surface area contributed by atoms with Crippen molar-refractivity contribution in [3.8, 4) is 0 Å². The van der Waals surface area contributed by atoms with Crippen LogP contribution in [0.25, 0.3) is 0 Å². The average molecular weight is 365 g/mol. The van der Waals surface area contributed by atoms with Crippen LogP contribution in [0.15, 0.2) is 54.6 Å². The number of amides is 3. The third kappa shape index (κ3) is 4.60. The second-order valence-electron chi connectivity index (χ2n) is 6.67. The van der Waals surface area contributed by atoms with Crippen molar-refractivity contribution >= 4 is 17.7 Å². The largest absolute Gasteiger partial charge is 0.354 e. The zero-order chi connectivity index (χ0) is 19.2. The van der Waals surface area contributed by atoms with Crippen LogP contribution in [0.3, 0.4) is 0 Å². The SMILES string of the molecule is CN(CCCNC(=O)CN1C(=O)c2ccccc2C1=O)Cc1ccccc1. The molecule has 1 heterocycles. The van der Waals surface area contributed by atoms with Gasteiger partial charge in [-0.05, 0) is 37.7 Å². The molecule has 0 saturated heterocycles. The highest BCUT2D eigenvalue weighted by Crippen LogP contribution is 2.21. The van der Waals surface area contributed by atoms with Crippen LogP contribution in [-0.4, -0.2) is 54.2 Å². The van der Waals surface area contributed by atoms with Crippen LogP contribution < -0.4 is 5.32 Å². The summed E-state index contributed by atoms with van der Waals surface area (Å²) in [4.78, 5) is 39.8. The Morgan fingerprint density at radius 1 is 0.963 bits per heavy atom. The Hall–Kier alpha value is -2.99. The van der Waals surface area contributed by atoms with Crippen molar-refractivity contribution < 1.29 is 14.4 Å². The van der Waals surface area contributed by atoms with Crippen molar-refractivity contribution in [2.24, 2.45) is 0 Å². The Labute approximate surface area is 158 Å². The van der Waals surface area contributed by atoms with E-state index in [0.29, 0.717) is 17.7 Å². The van der Waals surface area contributed by atoms with Gasteiger partial charge < -0.3 is 10.2 Å². The molecule has 0 fully saturated rings. The molecule has 0 unspecified atom stereocenters. The molecule has 27 heavy (non-hydrogen) atoms. The van der Waals surface area contributed by atoms with Crippen LogP contribution in [0.4, 0.5) is 0 Å². The number of hydrogen-bond acceptors (Lipinski definition) is 4. The molecule has 0 spiro atoms. The minimum absolute atomic E-state index is 0.244. The van der Waals surface area contributed by atoms with Crippen LogP contribution in [0.5, 0.6) is 0 Å². The molecule has 1 aliphatic heterocycles. The second kappa shape index (κ2) is 8.60. The van der Waals surface area contributed by atoms with Gasteiger partial charge in [-0.15, -0.1) is 0 Å². The molecule has 0 saturated carbocycles. The topological polar surface area (TPSA) is 69.7 Å². The second-order valence-corrected chi connectivity index (χ2v) is 6.67. The molecule has 2 aromatic carbocycles.